The maximum absolute atomic E-state index is 11.7. The summed E-state index contributed by atoms with van der Waals surface area (Å²) in [6, 6.07) is 13.3. The first-order chi connectivity index (χ1) is 13.0. The molecule has 4 heteroatoms. The molecule has 3 atom stereocenters. The van der Waals surface area contributed by atoms with E-state index in [1.807, 2.05) is 0 Å². The van der Waals surface area contributed by atoms with Gasteiger partial charge in [-0.25, -0.2) is 0 Å². The van der Waals surface area contributed by atoms with Gasteiger partial charge in [0.15, 0.2) is 0 Å². The maximum atomic E-state index is 11.7. The van der Waals surface area contributed by atoms with Crippen LogP contribution in [-0.2, 0) is 11.3 Å². The smallest absolute Gasteiger partial charge is 0.220 e. The fraction of sp³-hybridized carbons (Fsp3) is 0.522. The highest BCUT2D eigenvalue weighted by molar-refractivity contribution is 5.87. The van der Waals surface area contributed by atoms with Gasteiger partial charge < -0.3 is 10.1 Å². The fourth-order valence-electron chi connectivity index (χ4n) is 4.82. The molecule has 0 bridgehead atoms. The third-order valence-corrected chi connectivity index (χ3v) is 6.22. The van der Waals surface area contributed by atoms with Crippen molar-refractivity contribution >= 4 is 16.7 Å². The zero-order valence-electron chi connectivity index (χ0n) is 16.6. The average Bonchev–Trinajstić information content (AvgIpc) is 3.06. The molecule has 1 aliphatic heterocycles. The molecule has 0 radical (unpaired) electrons. The summed E-state index contributed by atoms with van der Waals surface area (Å²) in [5.74, 6) is 2.39. The summed E-state index contributed by atoms with van der Waals surface area (Å²) in [4.78, 5) is 14.2. The molecule has 1 amide bonds. The van der Waals surface area contributed by atoms with Crippen LogP contribution in [0.25, 0.3) is 10.8 Å². The number of carbonyl (C=O) groups is 1. The van der Waals surface area contributed by atoms with Gasteiger partial charge in [0.25, 0.3) is 0 Å². The van der Waals surface area contributed by atoms with Gasteiger partial charge >= 0.3 is 0 Å². The van der Waals surface area contributed by atoms with E-state index in [0.29, 0.717) is 24.3 Å². The molecule has 1 saturated heterocycles. The Kier molecular flexibility index (Phi) is 5.09. The zero-order valence-corrected chi connectivity index (χ0v) is 16.6. The Hall–Kier alpha value is -2.07. The minimum Gasteiger partial charge on any atom is -0.491 e. The summed E-state index contributed by atoms with van der Waals surface area (Å²) < 4.78 is 6.14. The number of benzene rings is 2. The Morgan fingerprint density at radius 3 is 2.74 bits per heavy atom. The van der Waals surface area contributed by atoms with Crippen LogP contribution in [0, 0.1) is 11.8 Å². The minimum absolute atomic E-state index is 0.154. The van der Waals surface area contributed by atoms with Crippen molar-refractivity contribution in [3.05, 3.63) is 42.0 Å². The third-order valence-electron chi connectivity index (χ3n) is 6.22. The van der Waals surface area contributed by atoms with Gasteiger partial charge in [-0.3, -0.25) is 9.69 Å². The lowest BCUT2D eigenvalue weighted by molar-refractivity contribution is -0.124. The Morgan fingerprint density at radius 2 is 1.93 bits per heavy atom. The zero-order chi connectivity index (χ0) is 19.0. The van der Waals surface area contributed by atoms with E-state index in [-0.39, 0.29) is 12.0 Å². The van der Waals surface area contributed by atoms with Crippen molar-refractivity contribution in [3.8, 4) is 5.75 Å². The van der Waals surface area contributed by atoms with Gasteiger partial charge in [-0.1, -0.05) is 30.3 Å². The second kappa shape index (κ2) is 7.51. The molecular weight excluding hydrogens is 336 g/mol. The van der Waals surface area contributed by atoms with Gasteiger partial charge in [0, 0.05) is 31.1 Å². The topological polar surface area (TPSA) is 41.6 Å². The molecule has 0 unspecified atom stereocenters. The van der Waals surface area contributed by atoms with Crippen molar-refractivity contribution in [1.82, 2.24) is 10.2 Å². The number of amides is 1. The number of nitrogens with one attached hydrogen (secondary N) is 1. The van der Waals surface area contributed by atoms with Crippen molar-refractivity contribution < 1.29 is 9.53 Å². The van der Waals surface area contributed by atoms with Gasteiger partial charge in [-0.05, 0) is 62.4 Å². The largest absolute Gasteiger partial charge is 0.491 e. The third kappa shape index (κ3) is 3.81. The van der Waals surface area contributed by atoms with Crippen LogP contribution < -0.4 is 10.1 Å². The van der Waals surface area contributed by atoms with E-state index in [1.54, 1.807) is 0 Å². The van der Waals surface area contributed by atoms with Crippen LogP contribution in [0.15, 0.2) is 36.4 Å². The van der Waals surface area contributed by atoms with Gasteiger partial charge in [0.2, 0.25) is 5.91 Å². The van der Waals surface area contributed by atoms with E-state index in [2.05, 4.69) is 67.5 Å². The standard InChI is InChI=1S/C23H30N2O2/c1-15(2)27-22-9-8-16-6-4-5-7-20(16)21(22)14-25(3)19-10-17-12-23(26)24-13-18(17)11-19/h4-9,15,17-19H,10-14H2,1-3H3,(H,24,26)/t17-,18+,19-/m1/s1. The maximum Gasteiger partial charge on any atom is 0.220 e. The van der Waals surface area contributed by atoms with E-state index in [0.717, 1.165) is 25.3 Å². The highest BCUT2D eigenvalue weighted by Gasteiger charge is 2.39. The molecule has 1 aliphatic carbocycles. The molecule has 2 aromatic carbocycles. The van der Waals surface area contributed by atoms with Crippen LogP contribution in [0.1, 0.15) is 38.7 Å². The Labute approximate surface area is 161 Å². The van der Waals surface area contributed by atoms with Crippen molar-refractivity contribution in [2.45, 2.75) is 51.8 Å². The molecule has 1 N–H and O–H groups in total. The number of hydrogen-bond acceptors (Lipinski definition) is 3. The summed E-state index contributed by atoms with van der Waals surface area (Å²) in [7, 11) is 2.22. The predicted molar refractivity (Wildman–Crippen MR) is 109 cm³/mol. The summed E-state index contributed by atoms with van der Waals surface area (Å²) >= 11 is 0. The summed E-state index contributed by atoms with van der Waals surface area (Å²) in [5.41, 5.74) is 1.27. The monoisotopic (exact) mass is 366 g/mol. The molecule has 1 saturated carbocycles. The first-order valence-electron chi connectivity index (χ1n) is 10.2. The molecule has 4 rings (SSSR count). The van der Waals surface area contributed by atoms with Gasteiger partial charge in [-0.2, -0.15) is 0 Å². The highest BCUT2D eigenvalue weighted by Crippen LogP contribution is 2.39. The molecule has 1 heterocycles. The fourth-order valence-corrected chi connectivity index (χ4v) is 4.82. The summed E-state index contributed by atoms with van der Waals surface area (Å²) in [6.45, 7) is 5.88. The van der Waals surface area contributed by atoms with Crippen LogP contribution in [0.4, 0.5) is 0 Å². The first kappa shape index (κ1) is 18.3. The van der Waals surface area contributed by atoms with Gasteiger partial charge in [0.1, 0.15) is 5.75 Å². The first-order valence-corrected chi connectivity index (χ1v) is 10.2. The van der Waals surface area contributed by atoms with E-state index in [9.17, 15) is 4.79 Å². The summed E-state index contributed by atoms with van der Waals surface area (Å²) in [5, 5.41) is 5.57. The molecule has 2 aromatic rings. The van der Waals surface area contributed by atoms with Gasteiger partial charge in [0.05, 0.1) is 6.10 Å². The van der Waals surface area contributed by atoms with Crippen LogP contribution >= 0.6 is 0 Å². The van der Waals surface area contributed by atoms with Crippen molar-refractivity contribution in [2.24, 2.45) is 11.8 Å². The van der Waals surface area contributed by atoms with E-state index >= 15 is 0 Å². The molecule has 0 aromatic heterocycles. The van der Waals surface area contributed by atoms with Crippen molar-refractivity contribution in [3.63, 3.8) is 0 Å². The Morgan fingerprint density at radius 1 is 1.15 bits per heavy atom. The molecule has 2 aliphatic rings. The van der Waals surface area contributed by atoms with E-state index in [4.69, 9.17) is 4.74 Å². The van der Waals surface area contributed by atoms with Crippen LogP contribution in [0.2, 0.25) is 0 Å². The SMILES string of the molecule is CC(C)Oc1ccc2ccccc2c1CN(C)[C@H]1C[C@H]2CNC(=O)C[C@H]2C1. The number of rotatable bonds is 5. The second-order valence-corrected chi connectivity index (χ2v) is 8.50. The quantitative estimate of drug-likeness (QED) is 0.870. The molecular formula is C23H30N2O2. The van der Waals surface area contributed by atoms with Crippen LogP contribution in [0.5, 0.6) is 5.75 Å². The van der Waals surface area contributed by atoms with Crippen LogP contribution in [-0.4, -0.2) is 36.5 Å². The number of piperidine rings is 1. The predicted octanol–water partition coefficient (Wildman–Crippen LogP) is 3.97. The average molecular weight is 367 g/mol. The van der Waals surface area contributed by atoms with Crippen LogP contribution in [0.3, 0.4) is 0 Å². The van der Waals surface area contributed by atoms with Crippen molar-refractivity contribution in [2.75, 3.05) is 13.6 Å². The molecule has 2 fully saturated rings. The van der Waals surface area contributed by atoms with Gasteiger partial charge in [-0.15, -0.1) is 0 Å². The number of nitrogens with zero attached hydrogens (tertiary/aromatic N) is 1. The molecule has 27 heavy (non-hydrogen) atoms. The number of ether oxygens (including phenoxy) is 1. The van der Waals surface area contributed by atoms with Crippen molar-refractivity contribution in [1.29, 1.82) is 0 Å². The lowest BCUT2D eigenvalue weighted by Crippen LogP contribution is -2.38. The lowest BCUT2D eigenvalue weighted by Gasteiger charge is -2.27. The Balaban J connectivity index is 1.58. The number of fused-ring (bicyclic) bond motifs is 2. The minimum atomic E-state index is 0.154. The number of hydrogen-bond donors (Lipinski definition) is 1. The molecule has 0 spiro atoms. The molecule has 144 valence electrons. The van der Waals surface area contributed by atoms with E-state index in [1.165, 1.54) is 22.8 Å². The molecule has 4 nitrogen and oxygen atoms in total. The highest BCUT2D eigenvalue weighted by atomic mass is 16.5. The lowest BCUT2D eigenvalue weighted by atomic mass is 9.89. The Bertz CT molecular complexity index is 832. The summed E-state index contributed by atoms with van der Waals surface area (Å²) in [6.07, 6.45) is 3.15. The number of carbonyl (C=O) groups excluding carboxylic acids is 1. The second-order valence-electron chi connectivity index (χ2n) is 8.50. The van der Waals surface area contributed by atoms with E-state index < -0.39 is 0 Å². The normalized spacial score (nSPS) is 25.1.